The van der Waals surface area contributed by atoms with Crippen molar-refractivity contribution in [1.82, 2.24) is 10.3 Å². The van der Waals surface area contributed by atoms with Gasteiger partial charge in [0.25, 0.3) is 0 Å². The molecule has 1 aromatic heterocycles. The molecule has 0 bridgehead atoms. The third-order valence-electron chi connectivity index (χ3n) is 2.69. The Kier molecular flexibility index (Phi) is 3.72. The Morgan fingerprint density at radius 3 is 3.13 bits per heavy atom. The molecule has 0 unspecified atom stereocenters. The van der Waals surface area contributed by atoms with E-state index in [1.54, 1.807) is 11.3 Å². The van der Waals surface area contributed by atoms with Gasteiger partial charge in [0.1, 0.15) is 0 Å². The van der Waals surface area contributed by atoms with Crippen LogP contribution < -0.4 is 5.32 Å². The highest BCUT2D eigenvalue weighted by molar-refractivity contribution is 7.09. The lowest BCUT2D eigenvalue weighted by molar-refractivity contribution is 0.268. The first-order valence-electron chi connectivity index (χ1n) is 5.58. The van der Waals surface area contributed by atoms with E-state index in [-0.39, 0.29) is 6.61 Å². The van der Waals surface area contributed by atoms with Crippen molar-refractivity contribution in [3.8, 4) is 0 Å². The lowest BCUT2D eigenvalue weighted by atomic mass is 10.2. The van der Waals surface area contributed by atoms with Gasteiger partial charge in [0, 0.05) is 30.5 Å². The van der Waals surface area contributed by atoms with E-state index in [1.807, 2.05) is 0 Å². The van der Waals surface area contributed by atoms with E-state index < -0.39 is 0 Å². The van der Waals surface area contributed by atoms with Gasteiger partial charge in [0.2, 0.25) is 0 Å². The van der Waals surface area contributed by atoms with Crippen LogP contribution in [0.3, 0.4) is 0 Å². The highest BCUT2D eigenvalue weighted by Crippen LogP contribution is 2.41. The summed E-state index contributed by atoms with van der Waals surface area (Å²) in [5.41, 5.74) is 1.15. The molecule has 3 nitrogen and oxygen atoms in total. The zero-order valence-electron chi connectivity index (χ0n) is 9.07. The third kappa shape index (κ3) is 3.26. The van der Waals surface area contributed by atoms with Gasteiger partial charge in [-0.25, -0.2) is 4.98 Å². The Bertz CT molecular complexity index is 309. The van der Waals surface area contributed by atoms with Crippen LogP contribution in [-0.2, 0) is 6.54 Å². The first-order valence-corrected chi connectivity index (χ1v) is 6.46. The van der Waals surface area contributed by atoms with Crippen LogP contribution >= 0.6 is 11.3 Å². The second kappa shape index (κ2) is 5.05. The highest BCUT2D eigenvalue weighted by atomic mass is 32.1. The van der Waals surface area contributed by atoms with Gasteiger partial charge in [0.05, 0.1) is 10.7 Å². The fourth-order valence-corrected chi connectivity index (χ4v) is 2.49. The standard InChI is InChI=1S/C11H18N2OS/c1-8(4-5-14)12-6-10-7-15-11(13-10)9-2-3-9/h7-9,12,14H,2-6H2,1H3/t8-/m1/s1. The average molecular weight is 226 g/mol. The predicted octanol–water partition coefficient (Wildman–Crippen LogP) is 1.88. The summed E-state index contributed by atoms with van der Waals surface area (Å²) in [6, 6.07) is 0.362. The SMILES string of the molecule is C[C@H](CCO)NCc1csc(C2CC2)n1. The van der Waals surface area contributed by atoms with E-state index in [4.69, 9.17) is 5.11 Å². The smallest absolute Gasteiger partial charge is 0.0959 e. The number of aromatic nitrogens is 1. The summed E-state index contributed by atoms with van der Waals surface area (Å²) in [4.78, 5) is 4.60. The number of nitrogens with zero attached hydrogens (tertiary/aromatic N) is 1. The minimum absolute atomic E-state index is 0.249. The number of nitrogens with one attached hydrogen (secondary N) is 1. The van der Waals surface area contributed by atoms with Gasteiger partial charge in [-0.1, -0.05) is 0 Å². The fraction of sp³-hybridized carbons (Fsp3) is 0.727. The maximum absolute atomic E-state index is 8.77. The Morgan fingerprint density at radius 2 is 2.47 bits per heavy atom. The highest BCUT2D eigenvalue weighted by Gasteiger charge is 2.26. The van der Waals surface area contributed by atoms with E-state index in [9.17, 15) is 0 Å². The Morgan fingerprint density at radius 1 is 1.67 bits per heavy atom. The average Bonchev–Trinajstić information content (AvgIpc) is 2.96. The van der Waals surface area contributed by atoms with Crippen LogP contribution in [0.5, 0.6) is 0 Å². The lowest BCUT2D eigenvalue weighted by Gasteiger charge is -2.10. The topological polar surface area (TPSA) is 45.1 Å². The van der Waals surface area contributed by atoms with Crippen molar-refractivity contribution in [2.24, 2.45) is 0 Å². The molecule has 0 radical (unpaired) electrons. The van der Waals surface area contributed by atoms with Gasteiger partial charge in [-0.2, -0.15) is 0 Å². The molecule has 15 heavy (non-hydrogen) atoms. The van der Waals surface area contributed by atoms with Gasteiger partial charge in [-0.05, 0) is 26.2 Å². The summed E-state index contributed by atoms with van der Waals surface area (Å²) < 4.78 is 0. The van der Waals surface area contributed by atoms with Gasteiger partial charge in [-0.15, -0.1) is 11.3 Å². The van der Waals surface area contributed by atoms with Crippen molar-refractivity contribution in [3.05, 3.63) is 16.1 Å². The molecule has 1 fully saturated rings. The Balaban J connectivity index is 1.77. The van der Waals surface area contributed by atoms with Crippen molar-refractivity contribution in [3.63, 3.8) is 0 Å². The van der Waals surface area contributed by atoms with E-state index in [1.165, 1.54) is 17.8 Å². The number of hydrogen-bond donors (Lipinski definition) is 2. The second-order valence-corrected chi connectivity index (χ2v) is 5.14. The number of hydrogen-bond acceptors (Lipinski definition) is 4. The summed E-state index contributed by atoms with van der Waals surface area (Å²) in [6.07, 6.45) is 3.45. The van der Waals surface area contributed by atoms with Crippen LogP contribution in [-0.4, -0.2) is 22.7 Å². The summed E-state index contributed by atoms with van der Waals surface area (Å²) >= 11 is 1.78. The minimum atomic E-state index is 0.249. The Labute approximate surface area is 94.5 Å². The summed E-state index contributed by atoms with van der Waals surface area (Å²) in [6.45, 7) is 3.16. The fourth-order valence-electron chi connectivity index (χ4n) is 1.50. The molecule has 1 aromatic rings. The second-order valence-electron chi connectivity index (χ2n) is 4.25. The van der Waals surface area contributed by atoms with Gasteiger partial charge in [0.15, 0.2) is 0 Å². The molecule has 0 amide bonds. The van der Waals surface area contributed by atoms with Crippen molar-refractivity contribution in [2.75, 3.05) is 6.61 Å². The van der Waals surface area contributed by atoms with Crippen molar-refractivity contribution in [1.29, 1.82) is 0 Å². The minimum Gasteiger partial charge on any atom is -0.396 e. The number of rotatable bonds is 6. The largest absolute Gasteiger partial charge is 0.396 e. The Hall–Kier alpha value is -0.450. The lowest BCUT2D eigenvalue weighted by Crippen LogP contribution is -2.26. The maximum Gasteiger partial charge on any atom is 0.0959 e. The molecule has 0 spiro atoms. The first kappa shape index (κ1) is 11.0. The first-order chi connectivity index (χ1) is 7.29. The molecular formula is C11H18N2OS. The molecule has 0 saturated heterocycles. The molecule has 84 valence electrons. The summed E-state index contributed by atoms with van der Waals surface area (Å²) in [5.74, 6) is 0.763. The van der Waals surface area contributed by atoms with Crippen molar-refractivity contribution >= 4 is 11.3 Å². The molecule has 1 aliphatic carbocycles. The van der Waals surface area contributed by atoms with Crippen LogP contribution in [0.2, 0.25) is 0 Å². The molecule has 1 heterocycles. The third-order valence-corrected chi connectivity index (χ3v) is 3.75. The zero-order valence-corrected chi connectivity index (χ0v) is 9.89. The van der Waals surface area contributed by atoms with Crippen LogP contribution in [0.15, 0.2) is 5.38 Å². The van der Waals surface area contributed by atoms with Crippen LogP contribution in [0.1, 0.15) is 42.8 Å². The van der Waals surface area contributed by atoms with E-state index in [0.717, 1.165) is 24.6 Å². The van der Waals surface area contributed by atoms with Crippen molar-refractivity contribution in [2.45, 2.75) is 44.7 Å². The predicted molar refractivity (Wildman–Crippen MR) is 62.1 cm³/mol. The molecule has 1 atom stereocenters. The van der Waals surface area contributed by atoms with Gasteiger partial charge in [-0.3, -0.25) is 0 Å². The van der Waals surface area contributed by atoms with E-state index in [0.29, 0.717) is 6.04 Å². The zero-order chi connectivity index (χ0) is 10.7. The number of aliphatic hydroxyl groups is 1. The molecule has 4 heteroatoms. The number of aliphatic hydroxyl groups excluding tert-OH is 1. The molecule has 1 saturated carbocycles. The van der Waals surface area contributed by atoms with Crippen LogP contribution in [0.4, 0.5) is 0 Å². The van der Waals surface area contributed by atoms with Gasteiger partial charge >= 0.3 is 0 Å². The molecule has 0 aromatic carbocycles. The summed E-state index contributed by atoms with van der Waals surface area (Å²) in [7, 11) is 0. The molecule has 1 aliphatic rings. The van der Waals surface area contributed by atoms with E-state index in [2.05, 4.69) is 22.6 Å². The maximum atomic E-state index is 8.77. The molecule has 0 aliphatic heterocycles. The van der Waals surface area contributed by atoms with Crippen molar-refractivity contribution < 1.29 is 5.11 Å². The molecular weight excluding hydrogens is 208 g/mol. The molecule has 2 N–H and O–H groups in total. The summed E-state index contributed by atoms with van der Waals surface area (Å²) in [5, 5.41) is 15.6. The van der Waals surface area contributed by atoms with Gasteiger partial charge < -0.3 is 10.4 Å². The monoisotopic (exact) mass is 226 g/mol. The van der Waals surface area contributed by atoms with Crippen LogP contribution in [0.25, 0.3) is 0 Å². The normalized spacial score (nSPS) is 18.0. The quantitative estimate of drug-likeness (QED) is 0.778. The van der Waals surface area contributed by atoms with E-state index >= 15 is 0 Å². The molecule has 2 rings (SSSR count). The number of thiazole rings is 1. The van der Waals surface area contributed by atoms with Crippen LogP contribution in [0, 0.1) is 0 Å².